The molecular weight excluding hydrogens is 261 g/mol. The van der Waals surface area contributed by atoms with Gasteiger partial charge in [-0.2, -0.15) is 0 Å². The van der Waals surface area contributed by atoms with Gasteiger partial charge in [0.25, 0.3) is 0 Å². The van der Waals surface area contributed by atoms with Crippen LogP contribution in [-0.4, -0.2) is 12.8 Å². The molecule has 0 aliphatic heterocycles. The first-order chi connectivity index (χ1) is 7.91. The van der Waals surface area contributed by atoms with E-state index in [1.54, 1.807) is 0 Å². The topological polar surface area (TPSA) is 35.0 Å². The molecule has 0 saturated carbocycles. The molecule has 0 aliphatic rings. The standard InChI is InChI=1S/C15H33P.ClH.H3N/c1-3-4-5-6-7-8-9-10-11-12-13-14-15-16-2;;/h16H,3-15H2,1-2H3;1H;1H3. The number of hydrogen-bond donors (Lipinski definition) is 1. The van der Waals surface area contributed by atoms with Gasteiger partial charge >= 0.3 is 0 Å². The van der Waals surface area contributed by atoms with Crippen LogP contribution >= 0.6 is 21.0 Å². The number of unbranched alkanes of at least 4 members (excludes halogenated alkanes) is 11. The Morgan fingerprint density at radius 2 is 0.944 bits per heavy atom. The highest BCUT2D eigenvalue weighted by Gasteiger charge is 1.92. The molecule has 0 aromatic heterocycles. The minimum atomic E-state index is 0. The molecule has 3 heteroatoms. The SMILES string of the molecule is CCCCCCCCCCCCCCPC.Cl.N. The summed E-state index contributed by atoms with van der Waals surface area (Å²) in [7, 11) is 1.17. The Morgan fingerprint density at radius 1 is 0.611 bits per heavy atom. The van der Waals surface area contributed by atoms with Crippen molar-refractivity contribution in [3.63, 3.8) is 0 Å². The van der Waals surface area contributed by atoms with Crippen LogP contribution in [0.25, 0.3) is 0 Å². The van der Waals surface area contributed by atoms with Crippen LogP contribution in [-0.2, 0) is 0 Å². The van der Waals surface area contributed by atoms with E-state index >= 15 is 0 Å². The molecule has 18 heavy (non-hydrogen) atoms. The first-order valence-electron chi connectivity index (χ1n) is 7.56. The summed E-state index contributed by atoms with van der Waals surface area (Å²) in [6.07, 6.45) is 19.1. The van der Waals surface area contributed by atoms with E-state index in [9.17, 15) is 0 Å². The first-order valence-corrected chi connectivity index (χ1v) is 9.27. The Bertz CT molecular complexity index is 109. The quantitative estimate of drug-likeness (QED) is 0.302. The maximum atomic E-state index is 2.32. The first kappa shape index (κ1) is 23.7. The van der Waals surface area contributed by atoms with Gasteiger partial charge in [-0.15, -0.1) is 21.0 Å². The number of hydrogen-bond acceptors (Lipinski definition) is 1. The van der Waals surface area contributed by atoms with Crippen molar-refractivity contribution >= 4 is 21.0 Å². The third-order valence-corrected chi connectivity index (χ3v) is 4.13. The van der Waals surface area contributed by atoms with Crippen LogP contribution in [0.2, 0.25) is 0 Å². The summed E-state index contributed by atoms with van der Waals surface area (Å²) in [5.74, 6) is 0. The van der Waals surface area contributed by atoms with E-state index in [0.29, 0.717) is 0 Å². The van der Waals surface area contributed by atoms with Crippen molar-refractivity contribution < 1.29 is 0 Å². The second kappa shape index (κ2) is 22.8. The molecule has 0 bridgehead atoms. The van der Waals surface area contributed by atoms with E-state index < -0.39 is 0 Å². The van der Waals surface area contributed by atoms with E-state index in [4.69, 9.17) is 0 Å². The van der Waals surface area contributed by atoms with Crippen LogP contribution < -0.4 is 6.15 Å². The maximum absolute atomic E-state index is 2.32. The highest BCUT2D eigenvalue weighted by molar-refractivity contribution is 7.36. The summed E-state index contributed by atoms with van der Waals surface area (Å²) in [6, 6.07) is 0. The zero-order valence-electron chi connectivity index (χ0n) is 12.8. The molecule has 1 nitrogen and oxygen atoms in total. The Labute approximate surface area is 124 Å². The number of halogens is 1. The molecule has 0 aliphatic carbocycles. The van der Waals surface area contributed by atoms with Crippen LogP contribution in [0.4, 0.5) is 0 Å². The molecule has 0 aromatic carbocycles. The second-order valence-corrected chi connectivity index (χ2v) is 6.20. The molecule has 1 atom stereocenters. The van der Waals surface area contributed by atoms with E-state index in [-0.39, 0.29) is 18.6 Å². The predicted molar refractivity (Wildman–Crippen MR) is 92.5 cm³/mol. The van der Waals surface area contributed by atoms with Gasteiger partial charge < -0.3 is 6.15 Å². The molecule has 0 radical (unpaired) electrons. The van der Waals surface area contributed by atoms with Gasteiger partial charge in [0.05, 0.1) is 0 Å². The zero-order valence-corrected chi connectivity index (χ0v) is 14.6. The molecule has 0 saturated heterocycles. The van der Waals surface area contributed by atoms with Gasteiger partial charge in [-0.25, -0.2) is 0 Å². The van der Waals surface area contributed by atoms with Crippen LogP contribution in [0.15, 0.2) is 0 Å². The van der Waals surface area contributed by atoms with Crippen LogP contribution in [0.3, 0.4) is 0 Å². The van der Waals surface area contributed by atoms with Gasteiger partial charge in [0.2, 0.25) is 0 Å². The van der Waals surface area contributed by atoms with E-state index in [1.807, 2.05) is 0 Å². The molecule has 0 fully saturated rings. The van der Waals surface area contributed by atoms with Crippen molar-refractivity contribution in [2.45, 2.75) is 84.0 Å². The van der Waals surface area contributed by atoms with Gasteiger partial charge in [0.15, 0.2) is 0 Å². The van der Waals surface area contributed by atoms with Gasteiger partial charge in [-0.3, -0.25) is 0 Å². The average molecular weight is 298 g/mol. The summed E-state index contributed by atoms with van der Waals surface area (Å²) in [6.45, 7) is 4.61. The van der Waals surface area contributed by atoms with Crippen LogP contribution in [0, 0.1) is 0 Å². The lowest BCUT2D eigenvalue weighted by molar-refractivity contribution is 0.548. The lowest BCUT2D eigenvalue weighted by atomic mass is 10.1. The highest BCUT2D eigenvalue weighted by atomic mass is 35.5. The normalized spacial score (nSPS) is 10.3. The van der Waals surface area contributed by atoms with Crippen LogP contribution in [0.1, 0.15) is 84.0 Å². The molecule has 0 rings (SSSR count). The molecule has 0 aromatic rings. The van der Waals surface area contributed by atoms with E-state index in [2.05, 4.69) is 13.6 Å². The predicted octanol–water partition coefficient (Wildman–Crippen LogP) is 6.58. The molecule has 114 valence electrons. The third-order valence-electron chi connectivity index (χ3n) is 3.28. The lowest BCUT2D eigenvalue weighted by Gasteiger charge is -2.02. The Balaban J connectivity index is -0.00000112. The summed E-state index contributed by atoms with van der Waals surface area (Å²) < 4.78 is 0. The molecule has 1 unspecified atom stereocenters. The number of rotatable bonds is 13. The molecule has 0 spiro atoms. The Morgan fingerprint density at radius 3 is 1.28 bits per heavy atom. The third kappa shape index (κ3) is 21.9. The van der Waals surface area contributed by atoms with Crippen molar-refractivity contribution in [2.24, 2.45) is 0 Å². The van der Waals surface area contributed by atoms with Crippen molar-refractivity contribution in [3.8, 4) is 0 Å². The zero-order chi connectivity index (χ0) is 11.9. The van der Waals surface area contributed by atoms with Gasteiger partial charge in [-0.05, 0) is 19.2 Å². The summed E-state index contributed by atoms with van der Waals surface area (Å²) >= 11 is 0. The smallest absolute Gasteiger partial charge is 0.0356 e. The van der Waals surface area contributed by atoms with Gasteiger partial charge in [0, 0.05) is 0 Å². The molecule has 3 N–H and O–H groups in total. The Hall–Kier alpha value is 0.680. The summed E-state index contributed by atoms with van der Waals surface area (Å²) in [5, 5.41) is 0. The fourth-order valence-electron chi connectivity index (χ4n) is 2.14. The van der Waals surface area contributed by atoms with Gasteiger partial charge in [-0.1, -0.05) is 77.6 Å². The van der Waals surface area contributed by atoms with Crippen molar-refractivity contribution in [3.05, 3.63) is 0 Å². The fraction of sp³-hybridized carbons (Fsp3) is 1.00. The molecule has 0 heterocycles. The summed E-state index contributed by atoms with van der Waals surface area (Å²) in [4.78, 5) is 0. The van der Waals surface area contributed by atoms with E-state index in [1.165, 1.54) is 91.8 Å². The molecule has 0 amide bonds. The van der Waals surface area contributed by atoms with Crippen LogP contribution in [0.5, 0.6) is 0 Å². The van der Waals surface area contributed by atoms with Crippen molar-refractivity contribution in [1.82, 2.24) is 6.15 Å². The van der Waals surface area contributed by atoms with Crippen molar-refractivity contribution in [2.75, 3.05) is 12.8 Å². The highest BCUT2D eigenvalue weighted by Crippen LogP contribution is 2.13. The van der Waals surface area contributed by atoms with Crippen molar-refractivity contribution in [1.29, 1.82) is 0 Å². The van der Waals surface area contributed by atoms with Gasteiger partial charge in [0.1, 0.15) is 0 Å². The second-order valence-electron chi connectivity index (χ2n) is 4.99. The minimum absolute atomic E-state index is 0. The molecular formula is C15H37ClNP. The van der Waals surface area contributed by atoms with E-state index in [0.717, 1.165) is 0 Å². The largest absolute Gasteiger partial charge is 0.344 e. The monoisotopic (exact) mass is 297 g/mol. The summed E-state index contributed by atoms with van der Waals surface area (Å²) in [5.41, 5.74) is 0. The average Bonchev–Trinajstić information content (AvgIpc) is 2.31. The fourth-order valence-corrected chi connectivity index (χ4v) is 2.75. The lowest BCUT2D eigenvalue weighted by Crippen LogP contribution is -1.83. The Kier molecular flexibility index (Phi) is 30.1. The maximum Gasteiger partial charge on any atom is -0.0356 e. The minimum Gasteiger partial charge on any atom is -0.344 e.